The molecule has 0 radical (unpaired) electrons. The summed E-state index contributed by atoms with van der Waals surface area (Å²) in [5, 5.41) is 0. The van der Waals surface area contributed by atoms with Crippen LogP contribution >= 0.6 is 0 Å². The monoisotopic (exact) mass is 359 g/mol. The molecule has 0 saturated carbocycles. The maximum absolute atomic E-state index is 13.9. The topological polar surface area (TPSA) is 58.8 Å². The van der Waals surface area contributed by atoms with Gasteiger partial charge in [0.2, 0.25) is 0 Å². The number of fused-ring (bicyclic) bond motifs is 1. The molecular weight excluding hydrogens is 337 g/mol. The molecule has 1 saturated heterocycles. The van der Waals surface area contributed by atoms with E-state index in [4.69, 9.17) is 9.15 Å². The highest BCUT2D eigenvalue weighted by molar-refractivity contribution is 5.90. The van der Waals surface area contributed by atoms with E-state index < -0.39 is 0 Å². The van der Waals surface area contributed by atoms with Crippen molar-refractivity contribution in [2.24, 2.45) is 0 Å². The van der Waals surface area contributed by atoms with Crippen molar-refractivity contribution in [2.75, 3.05) is 26.7 Å². The predicted molar refractivity (Wildman–Crippen MR) is 92.0 cm³/mol. The van der Waals surface area contributed by atoms with Crippen molar-refractivity contribution >= 4 is 5.91 Å². The average molecular weight is 359 g/mol. The standard InChI is InChI=1S/C19H22FN3O3/c1-25-14-6-9-23(11-14)19(24)18-21-16-12-22(8-7-17(16)26-18)10-13-4-2-3-5-15(13)20/h2-5,14H,6-12H2,1H3. The fraction of sp³-hybridized carbons (Fsp3) is 0.474. The Bertz CT molecular complexity index is 807. The van der Waals surface area contributed by atoms with Gasteiger partial charge < -0.3 is 14.1 Å². The number of amides is 1. The van der Waals surface area contributed by atoms with Gasteiger partial charge in [-0.2, -0.15) is 0 Å². The summed E-state index contributed by atoms with van der Waals surface area (Å²) in [6.45, 7) is 3.05. The van der Waals surface area contributed by atoms with Crippen LogP contribution in [0.4, 0.5) is 4.39 Å². The van der Waals surface area contributed by atoms with Crippen LogP contribution in [0.1, 0.15) is 34.1 Å². The summed E-state index contributed by atoms with van der Waals surface area (Å²) < 4.78 is 24.9. The minimum Gasteiger partial charge on any atom is -0.437 e. The molecule has 1 unspecified atom stereocenters. The van der Waals surface area contributed by atoms with Crippen molar-refractivity contribution in [3.63, 3.8) is 0 Å². The fourth-order valence-electron chi connectivity index (χ4n) is 3.59. The lowest BCUT2D eigenvalue weighted by Gasteiger charge is -2.25. The van der Waals surface area contributed by atoms with Crippen molar-refractivity contribution < 1.29 is 18.3 Å². The molecule has 1 atom stereocenters. The van der Waals surface area contributed by atoms with Crippen LogP contribution in [0.25, 0.3) is 0 Å². The molecule has 3 heterocycles. The lowest BCUT2D eigenvalue weighted by atomic mass is 10.1. The number of ether oxygens (including phenoxy) is 1. The molecule has 1 fully saturated rings. The predicted octanol–water partition coefficient (Wildman–Crippen LogP) is 2.23. The van der Waals surface area contributed by atoms with E-state index >= 15 is 0 Å². The molecule has 0 aliphatic carbocycles. The van der Waals surface area contributed by atoms with E-state index in [-0.39, 0.29) is 23.7 Å². The fourth-order valence-corrected chi connectivity index (χ4v) is 3.59. The van der Waals surface area contributed by atoms with E-state index in [0.717, 1.165) is 24.4 Å². The van der Waals surface area contributed by atoms with Gasteiger partial charge in [-0.1, -0.05) is 18.2 Å². The second-order valence-electron chi connectivity index (χ2n) is 6.84. The zero-order valence-corrected chi connectivity index (χ0v) is 14.8. The number of carbonyl (C=O) groups is 1. The zero-order chi connectivity index (χ0) is 18.1. The van der Waals surface area contributed by atoms with Crippen molar-refractivity contribution in [3.8, 4) is 0 Å². The number of hydrogen-bond acceptors (Lipinski definition) is 5. The normalized spacial score (nSPS) is 20.4. The van der Waals surface area contributed by atoms with Crippen LogP contribution in [0.15, 0.2) is 28.7 Å². The number of halogens is 1. The first kappa shape index (κ1) is 17.2. The first-order chi connectivity index (χ1) is 12.6. The van der Waals surface area contributed by atoms with Gasteiger partial charge in [-0.05, 0) is 12.5 Å². The van der Waals surface area contributed by atoms with Crippen LogP contribution in [0.5, 0.6) is 0 Å². The summed E-state index contributed by atoms with van der Waals surface area (Å²) in [6, 6.07) is 6.79. The first-order valence-corrected chi connectivity index (χ1v) is 8.90. The molecule has 2 aromatic rings. The van der Waals surface area contributed by atoms with Crippen LogP contribution in [0.2, 0.25) is 0 Å². The highest BCUT2D eigenvalue weighted by Gasteiger charge is 2.31. The molecule has 138 valence electrons. The smallest absolute Gasteiger partial charge is 0.309 e. The Morgan fingerprint density at radius 3 is 3.00 bits per heavy atom. The average Bonchev–Trinajstić information content (AvgIpc) is 3.29. The zero-order valence-electron chi connectivity index (χ0n) is 14.8. The van der Waals surface area contributed by atoms with Crippen molar-refractivity contribution in [1.82, 2.24) is 14.8 Å². The van der Waals surface area contributed by atoms with Gasteiger partial charge in [0.15, 0.2) is 0 Å². The first-order valence-electron chi connectivity index (χ1n) is 8.90. The van der Waals surface area contributed by atoms with Gasteiger partial charge in [-0.15, -0.1) is 0 Å². The number of hydrogen-bond donors (Lipinski definition) is 0. The highest BCUT2D eigenvalue weighted by Crippen LogP contribution is 2.23. The Balaban J connectivity index is 1.44. The lowest BCUT2D eigenvalue weighted by Crippen LogP contribution is -2.30. The summed E-state index contributed by atoms with van der Waals surface area (Å²) in [6.07, 6.45) is 1.59. The molecule has 6 nitrogen and oxygen atoms in total. The Morgan fingerprint density at radius 2 is 2.23 bits per heavy atom. The minimum absolute atomic E-state index is 0.0831. The van der Waals surface area contributed by atoms with E-state index in [0.29, 0.717) is 38.2 Å². The van der Waals surface area contributed by atoms with E-state index in [1.807, 2.05) is 6.07 Å². The van der Waals surface area contributed by atoms with Crippen molar-refractivity contribution in [1.29, 1.82) is 0 Å². The Kier molecular flexibility index (Phi) is 4.74. The van der Waals surface area contributed by atoms with Crippen molar-refractivity contribution in [3.05, 3.63) is 53.0 Å². The van der Waals surface area contributed by atoms with Crippen LogP contribution in [0, 0.1) is 5.82 Å². The van der Waals surface area contributed by atoms with Gasteiger partial charge in [0.05, 0.1) is 11.8 Å². The molecule has 1 aromatic carbocycles. The number of carbonyl (C=O) groups excluding carboxylic acids is 1. The number of likely N-dealkylation sites (tertiary alicyclic amines) is 1. The van der Waals surface area contributed by atoms with E-state index in [9.17, 15) is 9.18 Å². The van der Waals surface area contributed by atoms with E-state index in [1.165, 1.54) is 6.07 Å². The SMILES string of the molecule is COC1CCN(C(=O)c2nc3c(o2)CCN(Cc2ccccc2F)C3)C1. The molecule has 1 amide bonds. The third-order valence-electron chi connectivity index (χ3n) is 5.11. The molecule has 4 rings (SSSR count). The third-order valence-corrected chi connectivity index (χ3v) is 5.11. The molecule has 26 heavy (non-hydrogen) atoms. The number of methoxy groups -OCH3 is 1. The Morgan fingerprint density at radius 1 is 1.38 bits per heavy atom. The van der Waals surface area contributed by atoms with Gasteiger partial charge in [0.1, 0.15) is 11.6 Å². The summed E-state index contributed by atoms with van der Waals surface area (Å²) >= 11 is 0. The van der Waals surface area contributed by atoms with E-state index in [1.54, 1.807) is 24.1 Å². The Labute approximate surface area is 151 Å². The summed E-state index contributed by atoms with van der Waals surface area (Å²) in [7, 11) is 1.66. The van der Waals surface area contributed by atoms with Gasteiger partial charge in [0, 0.05) is 51.8 Å². The quantitative estimate of drug-likeness (QED) is 0.838. The lowest BCUT2D eigenvalue weighted by molar-refractivity contribution is 0.0687. The maximum Gasteiger partial charge on any atom is 0.309 e. The van der Waals surface area contributed by atoms with Gasteiger partial charge in [-0.3, -0.25) is 9.69 Å². The van der Waals surface area contributed by atoms with Crippen LogP contribution in [0.3, 0.4) is 0 Å². The number of oxazole rings is 1. The third kappa shape index (κ3) is 3.37. The molecule has 2 aliphatic rings. The van der Waals surface area contributed by atoms with Crippen LogP contribution in [-0.2, 0) is 24.2 Å². The van der Waals surface area contributed by atoms with Crippen LogP contribution in [-0.4, -0.2) is 53.5 Å². The minimum atomic E-state index is -0.198. The molecule has 0 N–H and O–H groups in total. The Hall–Kier alpha value is -2.25. The second-order valence-corrected chi connectivity index (χ2v) is 6.84. The molecule has 0 spiro atoms. The molecule has 0 bridgehead atoms. The number of benzene rings is 1. The number of nitrogens with zero attached hydrogens (tertiary/aromatic N) is 3. The maximum atomic E-state index is 13.9. The van der Waals surface area contributed by atoms with Crippen LogP contribution < -0.4 is 0 Å². The van der Waals surface area contributed by atoms with Gasteiger partial charge >= 0.3 is 5.91 Å². The molecule has 7 heteroatoms. The van der Waals surface area contributed by atoms with E-state index in [2.05, 4.69) is 9.88 Å². The molecule has 1 aromatic heterocycles. The summed E-state index contributed by atoms with van der Waals surface area (Å²) in [4.78, 5) is 20.9. The largest absolute Gasteiger partial charge is 0.437 e. The number of rotatable bonds is 4. The summed E-state index contributed by atoms with van der Waals surface area (Å²) in [5.74, 6) is 0.538. The molecular formula is C19H22FN3O3. The summed E-state index contributed by atoms with van der Waals surface area (Å²) in [5.41, 5.74) is 1.44. The molecule has 2 aliphatic heterocycles. The highest BCUT2D eigenvalue weighted by atomic mass is 19.1. The van der Waals surface area contributed by atoms with Crippen molar-refractivity contribution in [2.45, 2.75) is 32.0 Å². The second kappa shape index (κ2) is 7.17. The van der Waals surface area contributed by atoms with Gasteiger partial charge in [-0.25, -0.2) is 9.37 Å². The van der Waals surface area contributed by atoms with Gasteiger partial charge in [0.25, 0.3) is 5.89 Å². The number of aromatic nitrogens is 1.